The van der Waals surface area contributed by atoms with Crippen LogP contribution in [0.25, 0.3) is 0 Å². The summed E-state index contributed by atoms with van der Waals surface area (Å²) in [4.78, 5) is 4.05. The summed E-state index contributed by atoms with van der Waals surface area (Å²) in [7, 11) is 0. The lowest BCUT2D eigenvalue weighted by Gasteiger charge is -2.09. The van der Waals surface area contributed by atoms with Gasteiger partial charge in [-0.2, -0.15) is 0 Å². The third kappa shape index (κ3) is 2.93. The molecule has 0 atom stereocenters. The van der Waals surface area contributed by atoms with Crippen LogP contribution in [-0.4, -0.2) is 10.1 Å². The smallest absolute Gasteiger partial charge is 0.133 e. The Kier molecular flexibility index (Phi) is 3.23. The highest BCUT2D eigenvalue weighted by atomic mass is 19.1. The van der Waals surface area contributed by atoms with Gasteiger partial charge in [-0.15, -0.1) is 0 Å². The van der Waals surface area contributed by atoms with Crippen LogP contribution in [0.15, 0.2) is 36.5 Å². The number of aryl methyl sites for hydroxylation is 1. The Labute approximate surface area is 98.9 Å². The minimum absolute atomic E-state index is 0.145. The Balaban J connectivity index is 2.04. The Hall–Kier alpha value is -2.10. The standard InChI is InChI=1S/C13H13FN2O/c1-9-6-10(14)2-5-13(9)16-7-11-3-4-12(17)8-15-11/h2-6,8,16-17H,7H2,1H3. The van der Waals surface area contributed by atoms with Crippen molar-refractivity contribution in [1.82, 2.24) is 4.98 Å². The average molecular weight is 232 g/mol. The van der Waals surface area contributed by atoms with Gasteiger partial charge in [0.25, 0.3) is 0 Å². The van der Waals surface area contributed by atoms with E-state index in [0.29, 0.717) is 6.54 Å². The summed E-state index contributed by atoms with van der Waals surface area (Å²) in [6, 6.07) is 7.92. The number of anilines is 1. The van der Waals surface area contributed by atoms with Crippen LogP contribution in [0.3, 0.4) is 0 Å². The second kappa shape index (κ2) is 4.82. The number of halogens is 1. The molecule has 0 aliphatic carbocycles. The Morgan fingerprint density at radius 1 is 1.29 bits per heavy atom. The molecule has 0 radical (unpaired) electrons. The molecule has 0 fully saturated rings. The van der Waals surface area contributed by atoms with E-state index in [9.17, 15) is 4.39 Å². The fourth-order valence-corrected chi connectivity index (χ4v) is 1.53. The maximum Gasteiger partial charge on any atom is 0.133 e. The fraction of sp³-hybridized carbons (Fsp3) is 0.154. The Bertz CT molecular complexity index is 511. The number of hydrogen-bond donors (Lipinski definition) is 2. The second-order valence-corrected chi connectivity index (χ2v) is 3.82. The molecule has 0 saturated heterocycles. The van der Waals surface area contributed by atoms with Gasteiger partial charge in [0, 0.05) is 5.69 Å². The van der Waals surface area contributed by atoms with Crippen LogP contribution in [-0.2, 0) is 6.54 Å². The SMILES string of the molecule is Cc1cc(F)ccc1NCc1ccc(O)cn1. The van der Waals surface area contributed by atoms with Gasteiger partial charge in [0.2, 0.25) is 0 Å². The van der Waals surface area contributed by atoms with Crippen molar-refractivity contribution in [2.75, 3.05) is 5.32 Å². The van der Waals surface area contributed by atoms with Crippen LogP contribution in [0.5, 0.6) is 5.75 Å². The summed E-state index contributed by atoms with van der Waals surface area (Å²) in [5, 5.41) is 12.3. The molecule has 0 unspecified atom stereocenters. The lowest BCUT2D eigenvalue weighted by atomic mass is 10.2. The molecule has 1 aromatic heterocycles. The summed E-state index contributed by atoms with van der Waals surface area (Å²) < 4.78 is 12.9. The van der Waals surface area contributed by atoms with Crippen molar-refractivity contribution in [2.45, 2.75) is 13.5 Å². The van der Waals surface area contributed by atoms with Gasteiger partial charge in [0.15, 0.2) is 0 Å². The van der Waals surface area contributed by atoms with E-state index < -0.39 is 0 Å². The molecule has 0 aliphatic heterocycles. The van der Waals surface area contributed by atoms with E-state index in [1.165, 1.54) is 18.3 Å². The summed E-state index contributed by atoms with van der Waals surface area (Å²) in [5.41, 5.74) is 2.54. The predicted octanol–water partition coefficient (Wildman–Crippen LogP) is 2.85. The molecule has 1 heterocycles. The summed E-state index contributed by atoms with van der Waals surface area (Å²) in [6.45, 7) is 2.38. The van der Waals surface area contributed by atoms with Gasteiger partial charge >= 0.3 is 0 Å². The number of rotatable bonds is 3. The predicted molar refractivity (Wildman–Crippen MR) is 64.4 cm³/mol. The van der Waals surface area contributed by atoms with Gasteiger partial charge in [0.05, 0.1) is 18.4 Å². The van der Waals surface area contributed by atoms with Crippen LogP contribution in [0, 0.1) is 12.7 Å². The highest BCUT2D eigenvalue weighted by molar-refractivity contribution is 5.50. The number of aromatic nitrogens is 1. The van der Waals surface area contributed by atoms with E-state index in [1.807, 2.05) is 6.92 Å². The molecule has 0 aliphatic rings. The number of pyridine rings is 1. The van der Waals surface area contributed by atoms with Crippen LogP contribution >= 0.6 is 0 Å². The maximum absolute atomic E-state index is 12.9. The first-order valence-electron chi connectivity index (χ1n) is 5.29. The van der Waals surface area contributed by atoms with E-state index in [4.69, 9.17) is 5.11 Å². The van der Waals surface area contributed by atoms with Crippen molar-refractivity contribution >= 4 is 5.69 Å². The highest BCUT2D eigenvalue weighted by Crippen LogP contribution is 2.16. The molecule has 88 valence electrons. The summed E-state index contributed by atoms with van der Waals surface area (Å²) >= 11 is 0. The average Bonchev–Trinajstić information content (AvgIpc) is 2.30. The molecule has 3 nitrogen and oxygen atoms in total. The number of nitrogens with one attached hydrogen (secondary N) is 1. The molecular weight excluding hydrogens is 219 g/mol. The monoisotopic (exact) mass is 232 g/mol. The van der Waals surface area contributed by atoms with Crippen molar-refractivity contribution in [2.24, 2.45) is 0 Å². The zero-order chi connectivity index (χ0) is 12.3. The maximum atomic E-state index is 12.9. The minimum atomic E-state index is -0.240. The van der Waals surface area contributed by atoms with Crippen LogP contribution in [0.4, 0.5) is 10.1 Å². The normalized spacial score (nSPS) is 10.2. The zero-order valence-corrected chi connectivity index (χ0v) is 9.44. The molecule has 0 saturated carbocycles. The van der Waals surface area contributed by atoms with E-state index in [-0.39, 0.29) is 11.6 Å². The lowest BCUT2D eigenvalue weighted by molar-refractivity contribution is 0.472. The van der Waals surface area contributed by atoms with Gasteiger partial charge in [-0.3, -0.25) is 4.98 Å². The molecular formula is C13H13FN2O. The first-order chi connectivity index (χ1) is 8.15. The molecule has 2 aromatic rings. The summed E-state index contributed by atoms with van der Waals surface area (Å²) in [5.74, 6) is -0.0949. The topological polar surface area (TPSA) is 45.1 Å². The number of hydrogen-bond acceptors (Lipinski definition) is 3. The fourth-order valence-electron chi connectivity index (χ4n) is 1.53. The van der Waals surface area contributed by atoms with Gasteiger partial charge in [-0.05, 0) is 42.8 Å². The molecule has 1 aromatic carbocycles. The molecule has 17 heavy (non-hydrogen) atoms. The molecule has 4 heteroatoms. The van der Waals surface area contributed by atoms with Gasteiger partial charge in [-0.1, -0.05) is 0 Å². The Morgan fingerprint density at radius 3 is 2.76 bits per heavy atom. The van der Waals surface area contributed by atoms with Crippen LogP contribution < -0.4 is 5.32 Å². The third-order valence-corrected chi connectivity index (χ3v) is 2.46. The zero-order valence-electron chi connectivity index (χ0n) is 9.44. The van der Waals surface area contributed by atoms with Crippen molar-refractivity contribution in [3.8, 4) is 5.75 Å². The van der Waals surface area contributed by atoms with E-state index in [2.05, 4.69) is 10.3 Å². The number of aromatic hydroxyl groups is 1. The molecule has 0 amide bonds. The molecule has 2 rings (SSSR count). The van der Waals surface area contributed by atoms with Crippen LogP contribution in [0.1, 0.15) is 11.3 Å². The molecule has 0 spiro atoms. The highest BCUT2D eigenvalue weighted by Gasteiger charge is 2.00. The van der Waals surface area contributed by atoms with Crippen molar-refractivity contribution in [3.63, 3.8) is 0 Å². The number of nitrogens with zero attached hydrogens (tertiary/aromatic N) is 1. The molecule has 0 bridgehead atoms. The molecule has 2 N–H and O–H groups in total. The largest absolute Gasteiger partial charge is 0.506 e. The van der Waals surface area contributed by atoms with Gasteiger partial charge < -0.3 is 10.4 Å². The van der Waals surface area contributed by atoms with Crippen molar-refractivity contribution in [3.05, 3.63) is 53.6 Å². The van der Waals surface area contributed by atoms with E-state index in [0.717, 1.165) is 16.9 Å². The van der Waals surface area contributed by atoms with Crippen LogP contribution in [0.2, 0.25) is 0 Å². The third-order valence-electron chi connectivity index (χ3n) is 2.46. The number of benzene rings is 1. The van der Waals surface area contributed by atoms with Gasteiger partial charge in [-0.25, -0.2) is 4.39 Å². The summed E-state index contributed by atoms with van der Waals surface area (Å²) in [6.07, 6.45) is 1.40. The van der Waals surface area contributed by atoms with E-state index in [1.54, 1.807) is 18.2 Å². The Morgan fingerprint density at radius 2 is 2.12 bits per heavy atom. The second-order valence-electron chi connectivity index (χ2n) is 3.82. The van der Waals surface area contributed by atoms with E-state index >= 15 is 0 Å². The van der Waals surface area contributed by atoms with Crippen molar-refractivity contribution < 1.29 is 9.50 Å². The van der Waals surface area contributed by atoms with Gasteiger partial charge in [0.1, 0.15) is 11.6 Å². The quantitative estimate of drug-likeness (QED) is 0.855. The first kappa shape index (κ1) is 11.4. The minimum Gasteiger partial charge on any atom is -0.506 e. The first-order valence-corrected chi connectivity index (χ1v) is 5.29. The lowest BCUT2D eigenvalue weighted by Crippen LogP contribution is -2.02. The van der Waals surface area contributed by atoms with Crippen molar-refractivity contribution in [1.29, 1.82) is 0 Å².